The van der Waals surface area contributed by atoms with Gasteiger partial charge in [-0.15, -0.1) is 0 Å². The van der Waals surface area contributed by atoms with Crippen molar-refractivity contribution in [2.24, 2.45) is 16.8 Å². The molecule has 1 rings (SSSR count). The number of nitrogens with zero attached hydrogens (tertiary/aromatic N) is 2. The largest absolute Gasteiger partial charge is 0.409 e. The summed E-state index contributed by atoms with van der Waals surface area (Å²) in [6.07, 6.45) is 0. The van der Waals surface area contributed by atoms with Gasteiger partial charge in [-0.1, -0.05) is 12.1 Å². The van der Waals surface area contributed by atoms with Gasteiger partial charge in [-0.3, -0.25) is 4.79 Å². The molecule has 0 radical (unpaired) electrons. The highest BCUT2D eigenvalue weighted by atomic mass is 19.1. The maximum atomic E-state index is 13.8. The van der Waals surface area contributed by atoms with E-state index in [1.165, 1.54) is 17.9 Å². The number of halogens is 2. The first-order valence-corrected chi connectivity index (χ1v) is 6.54. The standard InChI is InChI=1S/C14H19F2N3O2/c1-4-19(7-9(3)13(17)18-21)14(20)10-5-8(2)11(15)6-12(10)16/h5-6,9,21H,4,7H2,1-3H3,(H2,17,18). The van der Waals surface area contributed by atoms with E-state index < -0.39 is 17.5 Å². The Morgan fingerprint density at radius 2 is 2.05 bits per heavy atom. The topological polar surface area (TPSA) is 78.9 Å². The first-order valence-electron chi connectivity index (χ1n) is 6.54. The number of hydrogen-bond acceptors (Lipinski definition) is 3. The zero-order valence-corrected chi connectivity index (χ0v) is 12.2. The molecular formula is C14H19F2N3O2. The summed E-state index contributed by atoms with van der Waals surface area (Å²) in [7, 11) is 0. The Kier molecular flexibility index (Phi) is 5.63. The number of amides is 1. The Morgan fingerprint density at radius 3 is 2.57 bits per heavy atom. The molecular weight excluding hydrogens is 280 g/mol. The molecule has 21 heavy (non-hydrogen) atoms. The molecule has 1 atom stereocenters. The van der Waals surface area contributed by atoms with Crippen molar-refractivity contribution in [1.29, 1.82) is 0 Å². The molecule has 7 heteroatoms. The highest BCUT2D eigenvalue weighted by Crippen LogP contribution is 2.17. The van der Waals surface area contributed by atoms with Crippen LogP contribution in [0.2, 0.25) is 0 Å². The molecule has 0 heterocycles. The number of aryl methyl sites for hydroxylation is 1. The molecule has 0 bridgehead atoms. The van der Waals surface area contributed by atoms with Crippen LogP contribution >= 0.6 is 0 Å². The summed E-state index contributed by atoms with van der Waals surface area (Å²) in [5.41, 5.74) is 5.47. The van der Waals surface area contributed by atoms with Gasteiger partial charge in [0.1, 0.15) is 17.5 Å². The average Bonchev–Trinajstić information content (AvgIpc) is 2.46. The molecule has 0 aliphatic carbocycles. The van der Waals surface area contributed by atoms with Crippen LogP contribution in [-0.2, 0) is 0 Å². The van der Waals surface area contributed by atoms with Crippen molar-refractivity contribution in [2.45, 2.75) is 20.8 Å². The van der Waals surface area contributed by atoms with Crippen LogP contribution in [0.5, 0.6) is 0 Å². The first kappa shape index (κ1) is 16.9. The normalized spacial score (nSPS) is 13.1. The highest BCUT2D eigenvalue weighted by molar-refractivity contribution is 5.95. The lowest BCUT2D eigenvalue weighted by Gasteiger charge is -2.24. The van der Waals surface area contributed by atoms with Crippen molar-refractivity contribution in [2.75, 3.05) is 13.1 Å². The smallest absolute Gasteiger partial charge is 0.256 e. The monoisotopic (exact) mass is 299 g/mol. The Bertz CT molecular complexity index is 561. The van der Waals surface area contributed by atoms with Crippen molar-refractivity contribution in [3.8, 4) is 0 Å². The summed E-state index contributed by atoms with van der Waals surface area (Å²) in [6.45, 7) is 5.35. The minimum Gasteiger partial charge on any atom is -0.409 e. The van der Waals surface area contributed by atoms with Crippen LogP contribution in [0.25, 0.3) is 0 Å². The van der Waals surface area contributed by atoms with Crippen LogP contribution in [0.4, 0.5) is 8.78 Å². The van der Waals surface area contributed by atoms with Crippen LogP contribution < -0.4 is 5.73 Å². The zero-order valence-electron chi connectivity index (χ0n) is 12.2. The van der Waals surface area contributed by atoms with Gasteiger partial charge in [-0.2, -0.15) is 0 Å². The molecule has 1 amide bonds. The van der Waals surface area contributed by atoms with Crippen LogP contribution in [0, 0.1) is 24.5 Å². The van der Waals surface area contributed by atoms with Crippen LogP contribution in [0.15, 0.2) is 17.3 Å². The fraction of sp³-hybridized carbons (Fsp3) is 0.429. The number of oxime groups is 1. The van der Waals surface area contributed by atoms with Gasteiger partial charge in [0, 0.05) is 25.1 Å². The van der Waals surface area contributed by atoms with Crippen LogP contribution in [0.1, 0.15) is 29.8 Å². The van der Waals surface area contributed by atoms with Crippen molar-refractivity contribution in [1.82, 2.24) is 4.90 Å². The van der Waals surface area contributed by atoms with Gasteiger partial charge in [-0.25, -0.2) is 8.78 Å². The summed E-state index contributed by atoms with van der Waals surface area (Å²) in [6, 6.07) is 1.88. The summed E-state index contributed by atoms with van der Waals surface area (Å²) in [4.78, 5) is 13.7. The van der Waals surface area contributed by atoms with Crippen molar-refractivity contribution < 1.29 is 18.8 Å². The number of amidine groups is 1. The lowest BCUT2D eigenvalue weighted by atomic mass is 10.1. The van der Waals surface area contributed by atoms with Crippen LogP contribution in [-0.4, -0.2) is 34.9 Å². The van der Waals surface area contributed by atoms with Gasteiger partial charge in [0.15, 0.2) is 0 Å². The van der Waals surface area contributed by atoms with E-state index in [-0.39, 0.29) is 29.4 Å². The number of rotatable bonds is 5. The van der Waals surface area contributed by atoms with Crippen LogP contribution in [0.3, 0.4) is 0 Å². The molecule has 1 unspecified atom stereocenters. The average molecular weight is 299 g/mol. The van der Waals surface area contributed by atoms with E-state index in [0.717, 1.165) is 0 Å². The molecule has 5 nitrogen and oxygen atoms in total. The molecule has 3 N–H and O–H groups in total. The quantitative estimate of drug-likeness (QED) is 0.378. The van der Waals surface area contributed by atoms with Gasteiger partial charge in [0.2, 0.25) is 0 Å². The third kappa shape index (κ3) is 3.90. The molecule has 0 aliphatic rings. The van der Waals surface area contributed by atoms with E-state index in [4.69, 9.17) is 10.9 Å². The number of hydrogen-bond donors (Lipinski definition) is 2. The Balaban J connectivity index is 3.02. The van der Waals surface area contributed by atoms with Crippen molar-refractivity contribution in [3.05, 3.63) is 34.9 Å². The van der Waals surface area contributed by atoms with Gasteiger partial charge in [0.05, 0.1) is 5.56 Å². The predicted octanol–water partition coefficient (Wildman–Crippen LogP) is 2.12. The molecule has 0 saturated heterocycles. The Hall–Kier alpha value is -2.18. The second kappa shape index (κ2) is 7.01. The molecule has 1 aromatic rings. The summed E-state index contributed by atoms with van der Waals surface area (Å²) >= 11 is 0. The highest BCUT2D eigenvalue weighted by Gasteiger charge is 2.22. The minimum absolute atomic E-state index is 0.0167. The maximum absolute atomic E-state index is 13.8. The number of carbonyl (C=O) groups excluding carboxylic acids is 1. The molecule has 0 spiro atoms. The number of carbonyl (C=O) groups is 1. The van der Waals surface area contributed by atoms with E-state index >= 15 is 0 Å². The van der Waals surface area contributed by atoms with Gasteiger partial charge in [-0.05, 0) is 25.5 Å². The van der Waals surface area contributed by atoms with Gasteiger partial charge >= 0.3 is 0 Å². The van der Waals surface area contributed by atoms with Gasteiger partial charge < -0.3 is 15.8 Å². The molecule has 0 saturated carbocycles. The van der Waals surface area contributed by atoms with E-state index in [1.54, 1.807) is 13.8 Å². The van der Waals surface area contributed by atoms with Crippen molar-refractivity contribution >= 4 is 11.7 Å². The second-order valence-electron chi connectivity index (χ2n) is 4.85. The second-order valence-corrected chi connectivity index (χ2v) is 4.85. The number of nitrogens with two attached hydrogens (primary N) is 1. The van der Waals surface area contributed by atoms with E-state index in [2.05, 4.69) is 5.16 Å². The summed E-state index contributed by atoms with van der Waals surface area (Å²) < 4.78 is 27.0. The molecule has 116 valence electrons. The summed E-state index contributed by atoms with van der Waals surface area (Å²) in [5.74, 6) is -2.56. The minimum atomic E-state index is -0.905. The van der Waals surface area contributed by atoms with E-state index in [0.29, 0.717) is 12.6 Å². The third-order valence-corrected chi connectivity index (χ3v) is 3.26. The predicted molar refractivity (Wildman–Crippen MR) is 75.2 cm³/mol. The molecule has 0 aliphatic heterocycles. The van der Waals surface area contributed by atoms with E-state index in [1.807, 2.05) is 0 Å². The Morgan fingerprint density at radius 1 is 1.43 bits per heavy atom. The fourth-order valence-electron chi connectivity index (χ4n) is 1.87. The number of benzene rings is 1. The Labute approximate surface area is 122 Å². The SMILES string of the molecule is CCN(CC(C)/C(N)=N/O)C(=O)c1cc(C)c(F)cc1F. The molecule has 0 aromatic heterocycles. The zero-order chi connectivity index (χ0) is 16.2. The molecule has 1 aromatic carbocycles. The lowest BCUT2D eigenvalue weighted by molar-refractivity contribution is 0.0749. The third-order valence-electron chi connectivity index (χ3n) is 3.26. The van der Waals surface area contributed by atoms with Gasteiger partial charge in [0.25, 0.3) is 5.91 Å². The van der Waals surface area contributed by atoms with E-state index in [9.17, 15) is 13.6 Å². The maximum Gasteiger partial charge on any atom is 0.256 e. The molecule has 0 fully saturated rings. The fourth-order valence-corrected chi connectivity index (χ4v) is 1.87. The first-order chi connectivity index (χ1) is 9.81. The lowest BCUT2D eigenvalue weighted by Crippen LogP contribution is -2.39. The van der Waals surface area contributed by atoms with Crippen molar-refractivity contribution in [3.63, 3.8) is 0 Å². The summed E-state index contributed by atoms with van der Waals surface area (Å²) in [5, 5.41) is 11.5.